The SMILES string of the molecule is CCOc1cc(C2C(C#N)=C(N)Oc3cc(OC(=O)c4ccccc4OC)ccc32)ccc1OCc1ccc(Cl)cc1Cl. The zero-order valence-corrected chi connectivity index (χ0v) is 24.7. The van der Waals surface area contributed by atoms with E-state index in [-0.39, 0.29) is 29.4 Å². The number of carbonyl (C=O) groups is 1. The second-order valence-corrected chi connectivity index (χ2v) is 10.2. The lowest BCUT2D eigenvalue weighted by atomic mass is 9.83. The Hall–Kier alpha value is -4.84. The number of para-hydroxylation sites is 1. The van der Waals surface area contributed by atoms with Gasteiger partial charge in [-0.1, -0.05) is 53.5 Å². The Kier molecular flexibility index (Phi) is 8.96. The number of ether oxygens (including phenoxy) is 5. The average Bonchev–Trinajstić information content (AvgIpc) is 3.00. The van der Waals surface area contributed by atoms with Crippen LogP contribution in [0.4, 0.5) is 0 Å². The molecule has 0 aromatic heterocycles. The number of hydrogen-bond acceptors (Lipinski definition) is 8. The summed E-state index contributed by atoms with van der Waals surface area (Å²) in [7, 11) is 1.48. The number of halogens is 2. The van der Waals surface area contributed by atoms with Crippen molar-refractivity contribution in [1.29, 1.82) is 5.26 Å². The van der Waals surface area contributed by atoms with E-state index in [1.165, 1.54) is 7.11 Å². The third kappa shape index (κ3) is 6.33. The largest absolute Gasteiger partial charge is 0.496 e. The fraction of sp³-hybridized carbons (Fsp3) is 0.152. The second kappa shape index (κ2) is 13.0. The Morgan fingerprint density at radius 1 is 0.977 bits per heavy atom. The average molecular weight is 617 g/mol. The van der Waals surface area contributed by atoms with Gasteiger partial charge in [-0.05, 0) is 55.0 Å². The van der Waals surface area contributed by atoms with Crippen molar-refractivity contribution in [3.8, 4) is 34.8 Å². The predicted octanol–water partition coefficient (Wildman–Crippen LogP) is 7.42. The van der Waals surface area contributed by atoms with Crippen LogP contribution in [0.5, 0.6) is 28.7 Å². The van der Waals surface area contributed by atoms with Crippen LogP contribution in [0.1, 0.15) is 39.9 Å². The molecule has 1 aliphatic rings. The molecule has 4 aromatic rings. The van der Waals surface area contributed by atoms with Crippen molar-refractivity contribution in [2.24, 2.45) is 5.73 Å². The molecule has 0 saturated heterocycles. The quantitative estimate of drug-likeness (QED) is 0.153. The standard InChI is InChI=1S/C33H26Cl2N2O6/c1-3-40-30-14-19(9-13-28(30)41-18-20-8-10-21(34)15-26(20)35)31-23-12-11-22(16-29(23)43-32(37)25(31)17-36)42-33(38)24-6-4-5-7-27(24)39-2/h4-16,31H,3,18,37H2,1-2H3. The number of esters is 1. The van der Waals surface area contributed by atoms with Gasteiger partial charge in [-0.25, -0.2) is 4.79 Å². The third-order valence-electron chi connectivity index (χ3n) is 6.73. The maximum Gasteiger partial charge on any atom is 0.347 e. The Balaban J connectivity index is 1.45. The van der Waals surface area contributed by atoms with Crippen molar-refractivity contribution in [2.75, 3.05) is 13.7 Å². The number of carbonyl (C=O) groups excluding carboxylic acids is 1. The smallest absolute Gasteiger partial charge is 0.347 e. The van der Waals surface area contributed by atoms with E-state index < -0.39 is 11.9 Å². The molecule has 5 rings (SSSR count). The van der Waals surface area contributed by atoms with Crippen molar-refractivity contribution in [2.45, 2.75) is 19.4 Å². The summed E-state index contributed by atoms with van der Waals surface area (Å²) in [5, 5.41) is 11.1. The van der Waals surface area contributed by atoms with E-state index in [9.17, 15) is 10.1 Å². The molecular weight excluding hydrogens is 591 g/mol. The molecule has 0 radical (unpaired) electrons. The van der Waals surface area contributed by atoms with Crippen LogP contribution in [0, 0.1) is 11.3 Å². The molecule has 0 fully saturated rings. The molecule has 0 amide bonds. The molecule has 0 aliphatic carbocycles. The fourth-order valence-corrected chi connectivity index (χ4v) is 5.17. The van der Waals surface area contributed by atoms with Crippen LogP contribution in [-0.2, 0) is 6.61 Å². The molecule has 0 spiro atoms. The van der Waals surface area contributed by atoms with Gasteiger partial charge in [0.25, 0.3) is 0 Å². The van der Waals surface area contributed by atoms with E-state index in [2.05, 4.69) is 6.07 Å². The Morgan fingerprint density at radius 2 is 1.79 bits per heavy atom. The highest BCUT2D eigenvalue weighted by Gasteiger charge is 2.32. The summed E-state index contributed by atoms with van der Waals surface area (Å²) < 4.78 is 28.6. The molecule has 1 atom stereocenters. The molecule has 8 nitrogen and oxygen atoms in total. The van der Waals surface area contributed by atoms with Gasteiger partial charge in [0, 0.05) is 27.2 Å². The molecule has 1 unspecified atom stereocenters. The minimum Gasteiger partial charge on any atom is -0.496 e. The van der Waals surface area contributed by atoms with Gasteiger partial charge < -0.3 is 29.4 Å². The maximum atomic E-state index is 12.9. The van der Waals surface area contributed by atoms with Crippen LogP contribution in [-0.4, -0.2) is 19.7 Å². The Labute approximate surface area is 258 Å². The zero-order chi connectivity index (χ0) is 30.5. The maximum absolute atomic E-state index is 12.9. The van der Waals surface area contributed by atoms with Crippen molar-refractivity contribution in [3.05, 3.63) is 123 Å². The third-order valence-corrected chi connectivity index (χ3v) is 7.31. The number of hydrogen-bond donors (Lipinski definition) is 1. The number of benzene rings is 4. The number of nitrogens with two attached hydrogens (primary N) is 1. The minimum absolute atomic E-state index is 0.0520. The minimum atomic E-state index is -0.595. The van der Waals surface area contributed by atoms with Gasteiger partial charge in [-0.2, -0.15) is 5.26 Å². The normalized spacial score (nSPS) is 13.8. The second-order valence-electron chi connectivity index (χ2n) is 9.38. The number of fused-ring (bicyclic) bond motifs is 1. The van der Waals surface area contributed by atoms with E-state index >= 15 is 0 Å². The van der Waals surface area contributed by atoms with E-state index in [4.69, 9.17) is 52.6 Å². The molecule has 218 valence electrons. The lowest BCUT2D eigenvalue weighted by molar-refractivity contribution is 0.0731. The lowest BCUT2D eigenvalue weighted by Crippen LogP contribution is -2.21. The fourth-order valence-electron chi connectivity index (χ4n) is 4.70. The van der Waals surface area contributed by atoms with Crippen LogP contribution in [0.15, 0.2) is 90.3 Å². The highest BCUT2D eigenvalue weighted by atomic mass is 35.5. The van der Waals surface area contributed by atoms with Crippen molar-refractivity contribution in [1.82, 2.24) is 0 Å². The predicted molar refractivity (Wildman–Crippen MR) is 162 cm³/mol. The highest BCUT2D eigenvalue weighted by Crippen LogP contribution is 2.45. The van der Waals surface area contributed by atoms with E-state index in [0.29, 0.717) is 45.2 Å². The van der Waals surface area contributed by atoms with Gasteiger partial charge in [0.2, 0.25) is 5.88 Å². The van der Waals surface area contributed by atoms with Crippen molar-refractivity contribution >= 4 is 29.2 Å². The first-order chi connectivity index (χ1) is 20.8. The summed E-state index contributed by atoms with van der Waals surface area (Å²) in [6.07, 6.45) is 0. The van der Waals surface area contributed by atoms with Crippen LogP contribution in [0.3, 0.4) is 0 Å². The first kappa shape index (κ1) is 29.6. The number of rotatable bonds is 9. The molecule has 43 heavy (non-hydrogen) atoms. The Bertz CT molecular complexity index is 1760. The first-order valence-corrected chi connectivity index (χ1v) is 14.0. The van der Waals surface area contributed by atoms with Crippen molar-refractivity contribution in [3.63, 3.8) is 0 Å². The van der Waals surface area contributed by atoms with Gasteiger partial charge in [0.1, 0.15) is 41.1 Å². The van der Waals surface area contributed by atoms with E-state index in [0.717, 1.165) is 11.1 Å². The summed E-state index contributed by atoms with van der Waals surface area (Å²) in [6, 6.07) is 24.5. The molecule has 0 bridgehead atoms. The van der Waals surface area contributed by atoms with E-state index in [1.807, 2.05) is 19.1 Å². The Morgan fingerprint density at radius 3 is 2.53 bits per heavy atom. The van der Waals surface area contributed by atoms with E-state index in [1.54, 1.807) is 66.7 Å². The van der Waals surface area contributed by atoms with Crippen LogP contribution < -0.4 is 29.4 Å². The number of nitriles is 1. The lowest BCUT2D eigenvalue weighted by Gasteiger charge is -2.27. The number of allylic oxidation sites excluding steroid dienone is 1. The molecule has 0 saturated carbocycles. The summed E-state index contributed by atoms with van der Waals surface area (Å²) in [5.41, 5.74) is 8.86. The summed E-state index contributed by atoms with van der Waals surface area (Å²) in [4.78, 5) is 12.9. The highest BCUT2D eigenvalue weighted by molar-refractivity contribution is 6.35. The molecule has 4 aromatic carbocycles. The monoisotopic (exact) mass is 616 g/mol. The zero-order valence-electron chi connectivity index (χ0n) is 23.2. The van der Waals surface area contributed by atoms with Gasteiger partial charge in [-0.3, -0.25) is 0 Å². The first-order valence-electron chi connectivity index (χ1n) is 13.2. The number of nitrogens with zero attached hydrogens (tertiary/aromatic N) is 1. The van der Waals surface area contributed by atoms with Gasteiger partial charge in [0.15, 0.2) is 11.5 Å². The van der Waals surface area contributed by atoms with Crippen LogP contribution >= 0.6 is 23.2 Å². The molecule has 1 heterocycles. The van der Waals surface area contributed by atoms with Gasteiger partial charge in [-0.15, -0.1) is 0 Å². The molecule has 10 heteroatoms. The van der Waals surface area contributed by atoms with Gasteiger partial charge in [0.05, 0.1) is 19.6 Å². The molecular formula is C33H26Cl2N2O6. The topological polar surface area (TPSA) is 113 Å². The van der Waals surface area contributed by atoms with Gasteiger partial charge >= 0.3 is 5.97 Å². The molecule has 1 aliphatic heterocycles. The van der Waals surface area contributed by atoms with Crippen molar-refractivity contribution < 1.29 is 28.5 Å². The summed E-state index contributed by atoms with van der Waals surface area (Å²) in [6.45, 7) is 2.45. The molecule has 2 N–H and O–H groups in total. The number of methoxy groups -OCH3 is 1. The van der Waals surface area contributed by atoms with Crippen LogP contribution in [0.2, 0.25) is 10.0 Å². The summed E-state index contributed by atoms with van der Waals surface area (Å²) >= 11 is 12.3. The van der Waals surface area contributed by atoms with Crippen LogP contribution in [0.25, 0.3) is 0 Å². The summed E-state index contributed by atoms with van der Waals surface area (Å²) in [5.74, 6) is 0.734.